The van der Waals surface area contributed by atoms with Crippen LogP contribution < -0.4 is 4.57 Å². The standard InChI is InChI=1S/C19H15NO4/c1-2-11-12-3-4-15(21)19(24)14(12)9-20-6-5-10-7-16(22)17(23)8-13(10)18(11)20/h2-4,7-9H,1,5-6H2,(H3,21,22,23,24)/p+1. The van der Waals surface area contributed by atoms with Crippen LogP contribution in [0.5, 0.6) is 23.0 Å². The summed E-state index contributed by atoms with van der Waals surface area (Å²) in [6.45, 7) is 4.54. The summed E-state index contributed by atoms with van der Waals surface area (Å²) in [6, 6.07) is 6.31. The summed E-state index contributed by atoms with van der Waals surface area (Å²) in [4.78, 5) is 0. The van der Waals surface area contributed by atoms with Crippen molar-refractivity contribution in [2.75, 3.05) is 0 Å². The zero-order valence-electron chi connectivity index (χ0n) is 12.8. The molecule has 0 unspecified atom stereocenters. The van der Waals surface area contributed by atoms with E-state index >= 15 is 0 Å². The lowest BCUT2D eigenvalue weighted by molar-refractivity contribution is -0.686. The van der Waals surface area contributed by atoms with Crippen LogP contribution >= 0.6 is 0 Å². The van der Waals surface area contributed by atoms with Gasteiger partial charge in [-0.3, -0.25) is 0 Å². The molecule has 24 heavy (non-hydrogen) atoms. The van der Waals surface area contributed by atoms with Crippen LogP contribution in [-0.4, -0.2) is 20.4 Å². The lowest BCUT2D eigenvalue weighted by Crippen LogP contribution is -2.40. The molecule has 5 nitrogen and oxygen atoms in total. The predicted octanol–water partition coefficient (Wildman–Crippen LogP) is 2.82. The third kappa shape index (κ3) is 1.84. The zero-order valence-corrected chi connectivity index (χ0v) is 12.8. The van der Waals surface area contributed by atoms with Gasteiger partial charge < -0.3 is 20.4 Å². The molecule has 0 aliphatic carbocycles. The fourth-order valence-corrected chi connectivity index (χ4v) is 3.44. The van der Waals surface area contributed by atoms with Gasteiger partial charge in [-0.2, -0.15) is 4.57 Å². The Bertz CT molecular complexity index is 1020. The third-order valence-corrected chi connectivity index (χ3v) is 4.59. The molecule has 2 aromatic carbocycles. The number of rotatable bonds is 1. The molecule has 0 atom stereocenters. The number of hydrogen-bond donors (Lipinski definition) is 4. The molecule has 0 bridgehead atoms. The van der Waals surface area contributed by atoms with Crippen LogP contribution in [0.15, 0.2) is 37.0 Å². The Balaban J connectivity index is 2.14. The smallest absolute Gasteiger partial charge is 0.220 e. The molecule has 0 fully saturated rings. The van der Waals surface area contributed by atoms with E-state index in [1.54, 1.807) is 30.5 Å². The second-order valence-electron chi connectivity index (χ2n) is 5.93. The van der Waals surface area contributed by atoms with Crippen molar-refractivity contribution < 1.29 is 25.0 Å². The first-order chi connectivity index (χ1) is 11.5. The third-order valence-electron chi connectivity index (χ3n) is 4.59. The van der Waals surface area contributed by atoms with E-state index in [2.05, 4.69) is 6.58 Å². The summed E-state index contributed by atoms with van der Waals surface area (Å²) >= 11 is 0. The van der Waals surface area contributed by atoms with Crippen LogP contribution in [0.25, 0.3) is 28.1 Å². The van der Waals surface area contributed by atoms with Crippen molar-refractivity contribution >= 4 is 16.8 Å². The summed E-state index contributed by atoms with van der Waals surface area (Å²) in [5, 5.41) is 40.9. The minimum atomic E-state index is -0.175. The predicted molar refractivity (Wildman–Crippen MR) is 90.0 cm³/mol. The van der Waals surface area contributed by atoms with Crippen LogP contribution in [0.4, 0.5) is 0 Å². The van der Waals surface area contributed by atoms with Gasteiger partial charge in [-0.1, -0.05) is 12.7 Å². The van der Waals surface area contributed by atoms with Crippen LogP contribution in [0, 0.1) is 0 Å². The maximum absolute atomic E-state index is 10.2. The quantitative estimate of drug-likeness (QED) is 0.410. The van der Waals surface area contributed by atoms with Gasteiger partial charge in [-0.05, 0) is 29.8 Å². The zero-order chi connectivity index (χ0) is 17.0. The molecule has 0 spiro atoms. The maximum atomic E-state index is 10.2. The molecule has 1 aliphatic heterocycles. The lowest BCUT2D eigenvalue weighted by Gasteiger charge is -2.19. The Labute approximate surface area is 138 Å². The fraction of sp³-hybridized carbons (Fsp3) is 0.105. The summed E-state index contributed by atoms with van der Waals surface area (Å²) in [7, 11) is 0. The highest BCUT2D eigenvalue weighted by atomic mass is 16.3. The average molecular weight is 322 g/mol. The Morgan fingerprint density at radius 1 is 0.958 bits per heavy atom. The van der Waals surface area contributed by atoms with Gasteiger partial charge in [-0.25, -0.2) is 0 Å². The van der Waals surface area contributed by atoms with Gasteiger partial charge in [0.15, 0.2) is 35.7 Å². The highest BCUT2D eigenvalue weighted by Crippen LogP contribution is 2.41. The molecule has 0 saturated heterocycles. The van der Waals surface area contributed by atoms with Crippen molar-refractivity contribution in [1.29, 1.82) is 0 Å². The van der Waals surface area contributed by atoms with Crippen molar-refractivity contribution in [2.45, 2.75) is 13.0 Å². The van der Waals surface area contributed by atoms with E-state index in [-0.39, 0.29) is 23.0 Å². The molecule has 0 saturated carbocycles. The van der Waals surface area contributed by atoms with Gasteiger partial charge in [0.05, 0.1) is 16.5 Å². The van der Waals surface area contributed by atoms with E-state index in [4.69, 9.17) is 0 Å². The van der Waals surface area contributed by atoms with E-state index in [9.17, 15) is 20.4 Å². The number of fused-ring (bicyclic) bond motifs is 4. The molecule has 120 valence electrons. The fourth-order valence-electron chi connectivity index (χ4n) is 3.44. The number of phenolic OH excluding ortho intramolecular Hbond substituents is 4. The molecular weight excluding hydrogens is 306 g/mol. The van der Waals surface area contributed by atoms with Gasteiger partial charge in [0.2, 0.25) is 5.69 Å². The van der Waals surface area contributed by atoms with Crippen molar-refractivity contribution in [3.63, 3.8) is 0 Å². The number of nitrogens with zero attached hydrogens (tertiary/aromatic N) is 1. The second kappa shape index (κ2) is 4.89. The SMILES string of the molecule is C=Cc1c2[n+](cc3c(O)c(O)ccc13)CCc1cc(O)c(O)cc1-2. The average Bonchev–Trinajstić information content (AvgIpc) is 2.57. The van der Waals surface area contributed by atoms with E-state index in [1.165, 1.54) is 6.07 Å². The Kier molecular flexibility index (Phi) is 2.93. The van der Waals surface area contributed by atoms with E-state index in [0.29, 0.717) is 18.4 Å². The highest BCUT2D eigenvalue weighted by molar-refractivity contribution is 5.98. The monoisotopic (exact) mass is 322 g/mol. The summed E-state index contributed by atoms with van der Waals surface area (Å²) in [5.41, 5.74) is 3.42. The first-order valence-corrected chi connectivity index (χ1v) is 7.60. The molecule has 3 aromatic rings. The van der Waals surface area contributed by atoms with Gasteiger partial charge in [0.1, 0.15) is 0 Å². The molecule has 1 aliphatic rings. The van der Waals surface area contributed by atoms with E-state index in [0.717, 1.165) is 27.8 Å². The second-order valence-corrected chi connectivity index (χ2v) is 5.93. The van der Waals surface area contributed by atoms with Crippen molar-refractivity contribution in [3.05, 3.63) is 48.2 Å². The number of aromatic nitrogens is 1. The Morgan fingerprint density at radius 3 is 2.46 bits per heavy atom. The molecular formula is C19H16NO4+. The number of aromatic hydroxyl groups is 4. The molecule has 1 aromatic heterocycles. The first-order valence-electron chi connectivity index (χ1n) is 7.60. The van der Waals surface area contributed by atoms with E-state index < -0.39 is 0 Å². The van der Waals surface area contributed by atoms with Gasteiger partial charge >= 0.3 is 0 Å². The number of phenols is 4. The molecule has 0 amide bonds. The van der Waals surface area contributed by atoms with Gasteiger partial charge in [-0.15, -0.1) is 0 Å². The minimum absolute atomic E-state index is 0.134. The molecule has 0 radical (unpaired) electrons. The van der Waals surface area contributed by atoms with Gasteiger partial charge in [0.25, 0.3) is 0 Å². The number of benzene rings is 2. The van der Waals surface area contributed by atoms with E-state index in [1.807, 2.05) is 4.57 Å². The topological polar surface area (TPSA) is 84.8 Å². The first kappa shape index (κ1) is 14.4. The molecule has 2 heterocycles. The normalized spacial score (nSPS) is 12.7. The lowest BCUT2D eigenvalue weighted by atomic mass is 9.91. The van der Waals surface area contributed by atoms with Gasteiger partial charge in [0, 0.05) is 11.8 Å². The van der Waals surface area contributed by atoms with Crippen LogP contribution in [0.1, 0.15) is 11.1 Å². The Morgan fingerprint density at radius 2 is 1.71 bits per heavy atom. The van der Waals surface area contributed by atoms with Crippen molar-refractivity contribution in [3.8, 4) is 34.3 Å². The number of hydrogen-bond acceptors (Lipinski definition) is 4. The summed E-state index contributed by atoms with van der Waals surface area (Å²) in [6.07, 6.45) is 4.17. The van der Waals surface area contributed by atoms with Crippen LogP contribution in [-0.2, 0) is 13.0 Å². The summed E-state index contributed by atoms with van der Waals surface area (Å²) < 4.78 is 1.97. The molecule has 4 N–H and O–H groups in total. The molecule has 4 rings (SSSR count). The van der Waals surface area contributed by atoms with Crippen LogP contribution in [0.3, 0.4) is 0 Å². The number of aryl methyl sites for hydroxylation is 2. The summed E-state index contributed by atoms with van der Waals surface area (Å²) in [5.74, 6) is -0.640. The number of pyridine rings is 1. The largest absolute Gasteiger partial charge is 0.504 e. The molecule has 5 heteroatoms. The van der Waals surface area contributed by atoms with Crippen molar-refractivity contribution in [1.82, 2.24) is 0 Å². The highest BCUT2D eigenvalue weighted by Gasteiger charge is 2.29. The maximum Gasteiger partial charge on any atom is 0.220 e. The minimum Gasteiger partial charge on any atom is -0.504 e. The van der Waals surface area contributed by atoms with Crippen LogP contribution in [0.2, 0.25) is 0 Å². The Hall–Kier alpha value is -3.21. The van der Waals surface area contributed by atoms with Crippen molar-refractivity contribution in [2.24, 2.45) is 0 Å².